The van der Waals surface area contributed by atoms with E-state index in [-0.39, 0.29) is 10.8 Å². The molecule has 22 heavy (non-hydrogen) atoms. The summed E-state index contributed by atoms with van der Waals surface area (Å²) in [4.78, 5) is 0. The smallest absolute Gasteiger partial charge is 0.0532 e. The van der Waals surface area contributed by atoms with E-state index >= 15 is 0 Å². The Morgan fingerprint density at radius 1 is 0.955 bits per heavy atom. The number of hydrogen-bond acceptors (Lipinski definition) is 0. The Bertz CT molecular complexity index is 874. The zero-order valence-corrected chi connectivity index (χ0v) is 14.3. The predicted molar refractivity (Wildman–Crippen MR) is 95.6 cm³/mol. The first-order chi connectivity index (χ1) is 10.3. The van der Waals surface area contributed by atoms with E-state index in [4.69, 9.17) is 0 Å². The van der Waals surface area contributed by atoms with Crippen molar-refractivity contribution in [1.29, 1.82) is 0 Å². The molecule has 1 aromatic heterocycles. The van der Waals surface area contributed by atoms with Gasteiger partial charge in [0.05, 0.1) is 5.52 Å². The van der Waals surface area contributed by atoms with E-state index in [1.807, 2.05) is 0 Å². The van der Waals surface area contributed by atoms with Gasteiger partial charge < -0.3 is 4.57 Å². The molecule has 0 bridgehead atoms. The third-order valence-electron chi connectivity index (χ3n) is 5.47. The highest BCUT2D eigenvalue weighted by Gasteiger charge is 2.40. The van der Waals surface area contributed by atoms with Gasteiger partial charge in [-0.2, -0.15) is 0 Å². The zero-order valence-electron chi connectivity index (χ0n) is 14.3. The molecule has 4 rings (SSSR count). The molecule has 1 aliphatic heterocycles. The monoisotopic (exact) mass is 291 g/mol. The summed E-state index contributed by atoms with van der Waals surface area (Å²) < 4.78 is 2.63. The van der Waals surface area contributed by atoms with Crippen molar-refractivity contribution in [3.8, 4) is 0 Å². The van der Waals surface area contributed by atoms with Crippen LogP contribution in [-0.2, 0) is 5.41 Å². The van der Waals surface area contributed by atoms with Crippen molar-refractivity contribution in [3.05, 3.63) is 48.0 Å². The normalized spacial score (nSPS) is 20.7. The molecule has 0 saturated carbocycles. The fourth-order valence-electron chi connectivity index (χ4n) is 4.30. The summed E-state index contributed by atoms with van der Waals surface area (Å²) in [7, 11) is 0. The molecular weight excluding hydrogens is 266 g/mol. The first-order valence-electron chi connectivity index (χ1n) is 8.33. The Kier molecular flexibility index (Phi) is 2.62. The summed E-state index contributed by atoms with van der Waals surface area (Å²) in [5.74, 6) is 0. The van der Waals surface area contributed by atoms with Gasteiger partial charge in [-0.15, -0.1) is 0 Å². The summed E-state index contributed by atoms with van der Waals surface area (Å²) in [5.41, 5.74) is 4.82. The van der Waals surface area contributed by atoms with E-state index in [2.05, 4.69) is 81.7 Å². The van der Waals surface area contributed by atoms with E-state index in [0.29, 0.717) is 6.04 Å². The Morgan fingerprint density at radius 3 is 2.36 bits per heavy atom. The molecule has 3 aromatic rings. The van der Waals surface area contributed by atoms with Crippen molar-refractivity contribution in [2.45, 2.75) is 52.5 Å². The molecule has 0 aliphatic carbocycles. The average Bonchev–Trinajstić information content (AvgIpc) is 2.78. The minimum Gasteiger partial charge on any atom is -0.337 e. The Hall–Kier alpha value is -1.76. The molecule has 1 unspecified atom stereocenters. The average molecular weight is 291 g/mol. The number of hydrogen-bond donors (Lipinski definition) is 0. The standard InChI is InChI=1S/C21H25N/c1-20(2,3)18-13-21(4,5)16-11-8-10-15-14-9-6-7-12-17(14)22(18)19(15)16/h6-12,18H,13H2,1-5H3. The first kappa shape index (κ1) is 13.9. The lowest BCUT2D eigenvalue weighted by atomic mass is 9.70. The van der Waals surface area contributed by atoms with Crippen LogP contribution < -0.4 is 0 Å². The maximum atomic E-state index is 2.63. The molecule has 0 N–H and O–H groups in total. The summed E-state index contributed by atoms with van der Waals surface area (Å²) in [6.07, 6.45) is 1.20. The van der Waals surface area contributed by atoms with E-state index in [1.165, 1.54) is 33.8 Å². The topological polar surface area (TPSA) is 4.93 Å². The number of fused-ring (bicyclic) bond motifs is 3. The van der Waals surface area contributed by atoms with Crippen LogP contribution in [0.25, 0.3) is 21.8 Å². The minimum atomic E-state index is 0.224. The highest BCUT2D eigenvalue weighted by molar-refractivity contribution is 6.09. The minimum absolute atomic E-state index is 0.224. The van der Waals surface area contributed by atoms with Crippen LogP contribution in [0.2, 0.25) is 0 Å². The van der Waals surface area contributed by atoms with Gasteiger partial charge in [0.15, 0.2) is 0 Å². The largest absolute Gasteiger partial charge is 0.337 e. The molecule has 0 spiro atoms. The van der Waals surface area contributed by atoms with Gasteiger partial charge in [-0.3, -0.25) is 0 Å². The van der Waals surface area contributed by atoms with Gasteiger partial charge in [0.2, 0.25) is 0 Å². The molecule has 1 aliphatic rings. The molecule has 114 valence electrons. The van der Waals surface area contributed by atoms with Gasteiger partial charge >= 0.3 is 0 Å². The highest BCUT2D eigenvalue weighted by atomic mass is 15.0. The van der Waals surface area contributed by atoms with E-state index in [0.717, 1.165) is 0 Å². The number of nitrogens with zero attached hydrogens (tertiary/aromatic N) is 1. The SMILES string of the molecule is CC1(C)CC(C(C)(C)C)n2c3ccccc3c3cccc1c32. The first-order valence-corrected chi connectivity index (χ1v) is 8.33. The fourth-order valence-corrected chi connectivity index (χ4v) is 4.30. The number of benzene rings is 2. The van der Waals surface area contributed by atoms with Gasteiger partial charge in [-0.25, -0.2) is 0 Å². The van der Waals surface area contributed by atoms with Gasteiger partial charge in [0.25, 0.3) is 0 Å². The van der Waals surface area contributed by atoms with Crippen molar-refractivity contribution in [2.75, 3.05) is 0 Å². The fraction of sp³-hybridized carbons (Fsp3) is 0.429. The van der Waals surface area contributed by atoms with Crippen LogP contribution in [0.5, 0.6) is 0 Å². The number of rotatable bonds is 0. The molecule has 0 saturated heterocycles. The van der Waals surface area contributed by atoms with Gasteiger partial charge in [-0.05, 0) is 28.9 Å². The molecule has 0 fully saturated rings. The van der Waals surface area contributed by atoms with E-state index in [9.17, 15) is 0 Å². The summed E-state index contributed by atoms with van der Waals surface area (Å²) in [6.45, 7) is 11.9. The Morgan fingerprint density at radius 2 is 1.64 bits per heavy atom. The lowest BCUT2D eigenvalue weighted by Crippen LogP contribution is -2.35. The Labute approximate surface area is 132 Å². The quantitative estimate of drug-likeness (QED) is 0.474. The molecule has 2 aromatic carbocycles. The number of para-hydroxylation sites is 2. The molecule has 2 heterocycles. The van der Waals surface area contributed by atoms with Crippen LogP contribution in [0, 0.1) is 5.41 Å². The van der Waals surface area contributed by atoms with E-state index in [1.54, 1.807) is 0 Å². The van der Waals surface area contributed by atoms with Crippen molar-refractivity contribution < 1.29 is 0 Å². The maximum Gasteiger partial charge on any atom is 0.0532 e. The van der Waals surface area contributed by atoms with Crippen molar-refractivity contribution in [1.82, 2.24) is 4.57 Å². The number of aromatic nitrogens is 1. The molecule has 1 nitrogen and oxygen atoms in total. The van der Waals surface area contributed by atoms with Crippen LogP contribution in [-0.4, -0.2) is 4.57 Å². The lowest BCUT2D eigenvalue weighted by molar-refractivity contribution is 0.193. The third kappa shape index (κ3) is 1.71. The predicted octanol–water partition coefficient (Wildman–Crippen LogP) is 6.06. The van der Waals surface area contributed by atoms with Crippen LogP contribution in [0.4, 0.5) is 0 Å². The molecule has 1 heteroatoms. The van der Waals surface area contributed by atoms with E-state index < -0.39 is 0 Å². The van der Waals surface area contributed by atoms with Crippen molar-refractivity contribution in [2.24, 2.45) is 5.41 Å². The van der Waals surface area contributed by atoms with Crippen LogP contribution in [0.3, 0.4) is 0 Å². The van der Waals surface area contributed by atoms with Crippen LogP contribution in [0.15, 0.2) is 42.5 Å². The van der Waals surface area contributed by atoms with Crippen LogP contribution >= 0.6 is 0 Å². The second-order valence-corrected chi connectivity index (χ2v) is 8.56. The summed E-state index contributed by atoms with van der Waals surface area (Å²) >= 11 is 0. The second-order valence-electron chi connectivity index (χ2n) is 8.56. The van der Waals surface area contributed by atoms with Gasteiger partial charge in [0, 0.05) is 22.3 Å². The molecule has 1 atom stereocenters. The zero-order chi connectivity index (χ0) is 15.7. The van der Waals surface area contributed by atoms with Gasteiger partial charge in [-0.1, -0.05) is 71.0 Å². The van der Waals surface area contributed by atoms with Gasteiger partial charge in [0.1, 0.15) is 0 Å². The van der Waals surface area contributed by atoms with Crippen molar-refractivity contribution in [3.63, 3.8) is 0 Å². The van der Waals surface area contributed by atoms with Crippen LogP contribution in [0.1, 0.15) is 52.6 Å². The maximum absolute atomic E-state index is 2.63. The molecule has 0 radical (unpaired) electrons. The summed E-state index contributed by atoms with van der Waals surface area (Å²) in [5, 5.41) is 2.81. The highest BCUT2D eigenvalue weighted by Crippen LogP contribution is 2.51. The summed E-state index contributed by atoms with van der Waals surface area (Å²) in [6, 6.07) is 16.3. The Balaban J connectivity index is 2.24. The second kappa shape index (κ2) is 4.16. The molecule has 0 amide bonds. The van der Waals surface area contributed by atoms with Crippen molar-refractivity contribution >= 4 is 21.8 Å². The third-order valence-corrected chi connectivity index (χ3v) is 5.47. The molecular formula is C21H25N. The lowest BCUT2D eigenvalue weighted by Gasteiger charge is -2.43.